The molecule has 0 spiro atoms. The molecule has 1 heterocycles. The number of anilines is 1. The van der Waals surface area contributed by atoms with Crippen LogP contribution in [0.5, 0.6) is 5.75 Å². The van der Waals surface area contributed by atoms with Gasteiger partial charge in [0.15, 0.2) is 13.2 Å². The Bertz CT molecular complexity index is 1020. The zero-order chi connectivity index (χ0) is 24.5. The lowest BCUT2D eigenvalue weighted by atomic mass is 9.95. The number of methoxy groups -OCH3 is 1. The number of thiophene rings is 1. The van der Waals surface area contributed by atoms with Gasteiger partial charge in [0, 0.05) is 18.5 Å². The number of carbonyl (C=O) groups excluding carboxylic acids is 3. The van der Waals surface area contributed by atoms with Crippen molar-refractivity contribution in [2.24, 2.45) is 0 Å². The minimum atomic E-state index is -0.642. The van der Waals surface area contributed by atoms with Crippen LogP contribution in [0.2, 0.25) is 0 Å². The van der Waals surface area contributed by atoms with E-state index in [9.17, 15) is 14.4 Å². The standard InChI is InChI=1S/C25H32N2O6S/c1-16(2)17-8-4-6-10-19(17)32-15-22(29)33-14-21(28)27-25-23(24(30)26-12-13-31-3)18-9-5-7-11-20(18)34-25/h4,6,8,10,16H,5,7,9,11-15H2,1-3H3,(H,26,30)(H,27,28). The van der Waals surface area contributed by atoms with Gasteiger partial charge in [0.2, 0.25) is 0 Å². The molecule has 8 nitrogen and oxygen atoms in total. The minimum Gasteiger partial charge on any atom is -0.482 e. The average Bonchev–Trinajstić information content (AvgIpc) is 3.19. The molecule has 0 saturated heterocycles. The van der Waals surface area contributed by atoms with Gasteiger partial charge < -0.3 is 24.8 Å². The van der Waals surface area contributed by atoms with E-state index in [2.05, 4.69) is 10.6 Å². The van der Waals surface area contributed by atoms with E-state index in [4.69, 9.17) is 14.2 Å². The van der Waals surface area contributed by atoms with Crippen LogP contribution in [0.25, 0.3) is 0 Å². The topological polar surface area (TPSA) is 103 Å². The number of amides is 2. The molecule has 0 fully saturated rings. The van der Waals surface area contributed by atoms with Crippen molar-refractivity contribution in [1.82, 2.24) is 5.32 Å². The SMILES string of the molecule is COCCNC(=O)c1c(NC(=O)COC(=O)COc2ccccc2C(C)C)sc2c1CCCC2. The van der Waals surface area contributed by atoms with Crippen LogP contribution in [0.4, 0.5) is 5.00 Å². The molecular weight excluding hydrogens is 456 g/mol. The summed E-state index contributed by atoms with van der Waals surface area (Å²) in [6.45, 7) is 4.11. The van der Waals surface area contributed by atoms with Crippen LogP contribution in [-0.4, -0.2) is 51.3 Å². The first kappa shape index (κ1) is 25.7. The van der Waals surface area contributed by atoms with Crippen LogP contribution in [-0.2, 0) is 31.9 Å². The molecule has 0 aliphatic heterocycles. The van der Waals surface area contributed by atoms with Crippen molar-refractivity contribution in [1.29, 1.82) is 0 Å². The van der Waals surface area contributed by atoms with Crippen LogP contribution in [0.1, 0.15) is 59.0 Å². The molecule has 1 aliphatic carbocycles. The number of hydrogen-bond donors (Lipinski definition) is 2. The number of ether oxygens (including phenoxy) is 3. The normalized spacial score (nSPS) is 12.7. The van der Waals surface area contributed by atoms with Crippen molar-refractivity contribution in [3.63, 3.8) is 0 Å². The number of carbonyl (C=O) groups is 3. The Hall–Kier alpha value is -2.91. The van der Waals surface area contributed by atoms with Crippen LogP contribution < -0.4 is 15.4 Å². The first-order valence-electron chi connectivity index (χ1n) is 11.5. The summed E-state index contributed by atoms with van der Waals surface area (Å²) in [5.74, 6) is -0.513. The number of fused-ring (bicyclic) bond motifs is 1. The lowest BCUT2D eigenvalue weighted by molar-refractivity contribution is -0.149. The molecule has 34 heavy (non-hydrogen) atoms. The number of aryl methyl sites for hydroxylation is 1. The Morgan fingerprint density at radius 2 is 1.85 bits per heavy atom. The van der Waals surface area contributed by atoms with Crippen LogP contribution >= 0.6 is 11.3 Å². The van der Waals surface area contributed by atoms with Crippen molar-refractivity contribution < 1.29 is 28.6 Å². The van der Waals surface area contributed by atoms with Gasteiger partial charge in [-0.2, -0.15) is 0 Å². The molecule has 0 unspecified atom stereocenters. The molecule has 3 rings (SSSR count). The molecule has 9 heteroatoms. The fourth-order valence-electron chi connectivity index (χ4n) is 3.83. The third-order valence-corrected chi connectivity index (χ3v) is 6.70. The predicted octanol–water partition coefficient (Wildman–Crippen LogP) is 3.69. The Kier molecular flexibility index (Phi) is 9.47. The summed E-state index contributed by atoms with van der Waals surface area (Å²) in [6, 6.07) is 7.50. The lowest BCUT2D eigenvalue weighted by Gasteiger charge is -2.14. The van der Waals surface area contributed by atoms with E-state index in [0.29, 0.717) is 29.5 Å². The predicted molar refractivity (Wildman–Crippen MR) is 131 cm³/mol. The molecule has 0 bridgehead atoms. The van der Waals surface area contributed by atoms with E-state index in [1.807, 2.05) is 32.0 Å². The summed E-state index contributed by atoms with van der Waals surface area (Å²) < 4.78 is 15.7. The van der Waals surface area contributed by atoms with E-state index >= 15 is 0 Å². The minimum absolute atomic E-state index is 0.235. The Morgan fingerprint density at radius 1 is 1.09 bits per heavy atom. The first-order valence-corrected chi connectivity index (χ1v) is 12.3. The number of para-hydroxylation sites is 1. The highest BCUT2D eigenvalue weighted by atomic mass is 32.1. The van der Waals surface area contributed by atoms with Gasteiger partial charge in [-0.1, -0.05) is 32.0 Å². The second-order valence-corrected chi connectivity index (χ2v) is 9.46. The molecule has 1 aromatic heterocycles. The summed E-state index contributed by atoms with van der Waals surface area (Å²) >= 11 is 1.41. The Balaban J connectivity index is 1.57. The summed E-state index contributed by atoms with van der Waals surface area (Å²) in [5.41, 5.74) is 2.49. The molecular formula is C25H32N2O6S. The maximum absolute atomic E-state index is 12.8. The average molecular weight is 489 g/mol. The molecule has 2 N–H and O–H groups in total. The van der Waals surface area contributed by atoms with Crippen molar-refractivity contribution in [3.05, 3.63) is 45.8 Å². The highest BCUT2D eigenvalue weighted by Crippen LogP contribution is 2.38. The quantitative estimate of drug-likeness (QED) is 0.369. The molecule has 2 amide bonds. The second kappa shape index (κ2) is 12.5. The summed E-state index contributed by atoms with van der Waals surface area (Å²) in [4.78, 5) is 38.6. The second-order valence-electron chi connectivity index (χ2n) is 8.35. The fourth-order valence-corrected chi connectivity index (χ4v) is 5.13. The smallest absolute Gasteiger partial charge is 0.344 e. The van der Waals surface area contributed by atoms with Crippen molar-refractivity contribution in [2.75, 3.05) is 38.8 Å². The van der Waals surface area contributed by atoms with Gasteiger partial charge in [-0.15, -0.1) is 11.3 Å². The van der Waals surface area contributed by atoms with Crippen LogP contribution in [0, 0.1) is 0 Å². The molecule has 0 radical (unpaired) electrons. The number of nitrogens with one attached hydrogen (secondary N) is 2. The van der Waals surface area contributed by atoms with Gasteiger partial charge >= 0.3 is 5.97 Å². The fraction of sp³-hybridized carbons (Fsp3) is 0.480. The van der Waals surface area contributed by atoms with E-state index < -0.39 is 18.5 Å². The van der Waals surface area contributed by atoms with E-state index in [0.717, 1.165) is 41.7 Å². The number of esters is 1. The molecule has 184 valence electrons. The molecule has 0 saturated carbocycles. The summed E-state index contributed by atoms with van der Waals surface area (Å²) in [5, 5.41) is 6.09. The first-order chi connectivity index (χ1) is 16.4. The highest BCUT2D eigenvalue weighted by molar-refractivity contribution is 7.17. The highest BCUT2D eigenvalue weighted by Gasteiger charge is 2.26. The molecule has 2 aromatic rings. The van der Waals surface area contributed by atoms with Crippen molar-refractivity contribution in [3.8, 4) is 5.75 Å². The number of benzene rings is 1. The summed E-state index contributed by atoms with van der Waals surface area (Å²) in [6.07, 6.45) is 3.76. The van der Waals surface area contributed by atoms with E-state index in [-0.39, 0.29) is 18.4 Å². The zero-order valence-electron chi connectivity index (χ0n) is 19.9. The zero-order valence-corrected chi connectivity index (χ0v) is 20.7. The van der Waals surface area contributed by atoms with Crippen molar-refractivity contribution >= 4 is 34.1 Å². The van der Waals surface area contributed by atoms with Gasteiger partial charge in [-0.05, 0) is 48.8 Å². The van der Waals surface area contributed by atoms with Crippen molar-refractivity contribution in [2.45, 2.75) is 45.4 Å². The monoisotopic (exact) mass is 488 g/mol. The largest absolute Gasteiger partial charge is 0.482 e. The van der Waals surface area contributed by atoms with Gasteiger partial charge in [-0.25, -0.2) is 4.79 Å². The van der Waals surface area contributed by atoms with Gasteiger partial charge in [0.1, 0.15) is 10.8 Å². The number of rotatable bonds is 11. The molecule has 1 aromatic carbocycles. The third-order valence-electron chi connectivity index (χ3n) is 5.49. The Labute approximate surface area is 204 Å². The van der Waals surface area contributed by atoms with E-state index in [1.165, 1.54) is 11.3 Å². The van der Waals surface area contributed by atoms with E-state index in [1.54, 1.807) is 13.2 Å². The Morgan fingerprint density at radius 3 is 2.62 bits per heavy atom. The van der Waals surface area contributed by atoms with Crippen LogP contribution in [0.3, 0.4) is 0 Å². The lowest BCUT2D eigenvalue weighted by Crippen LogP contribution is -2.29. The maximum Gasteiger partial charge on any atom is 0.344 e. The van der Waals surface area contributed by atoms with Gasteiger partial charge in [0.05, 0.1) is 12.2 Å². The third kappa shape index (κ3) is 6.80. The molecule has 1 aliphatic rings. The molecule has 0 atom stereocenters. The number of hydrogen-bond acceptors (Lipinski definition) is 7. The van der Waals surface area contributed by atoms with Crippen LogP contribution in [0.15, 0.2) is 24.3 Å². The summed E-state index contributed by atoms with van der Waals surface area (Å²) in [7, 11) is 1.57. The van der Waals surface area contributed by atoms with Gasteiger partial charge in [-0.3, -0.25) is 9.59 Å². The van der Waals surface area contributed by atoms with Gasteiger partial charge in [0.25, 0.3) is 11.8 Å². The maximum atomic E-state index is 12.8.